The van der Waals surface area contributed by atoms with Gasteiger partial charge < -0.3 is 45.2 Å². The van der Waals surface area contributed by atoms with E-state index in [0.717, 1.165) is 18.2 Å². The molecule has 0 aliphatic carbocycles. The van der Waals surface area contributed by atoms with Gasteiger partial charge in [0.1, 0.15) is 53.0 Å². The van der Waals surface area contributed by atoms with Crippen molar-refractivity contribution in [2.45, 2.75) is 30.7 Å². The smallest absolute Gasteiger partial charge is 0.229 e. The summed E-state index contributed by atoms with van der Waals surface area (Å²) in [7, 11) is 0. The van der Waals surface area contributed by atoms with E-state index in [0.29, 0.717) is 5.56 Å². The molecule has 1 aliphatic heterocycles. The summed E-state index contributed by atoms with van der Waals surface area (Å²) in [5.74, 6) is -1.94. The minimum Gasteiger partial charge on any atom is -0.508 e. The SMILES string of the molecule is O=C(C=Cc1ccc(OC2OC(CO)C(O)C(O)C2O)cc1)c1c(O)cc(O)cc1O. The molecule has 0 aromatic heterocycles. The summed E-state index contributed by atoms with van der Waals surface area (Å²) in [6.07, 6.45) is -4.46. The van der Waals surface area contributed by atoms with E-state index in [4.69, 9.17) is 9.47 Å². The number of benzene rings is 2. The molecule has 31 heavy (non-hydrogen) atoms. The predicted octanol–water partition coefficient (Wildman–Crippen LogP) is -0.122. The second kappa shape index (κ2) is 9.33. The molecule has 166 valence electrons. The van der Waals surface area contributed by atoms with Crippen LogP contribution in [0.3, 0.4) is 0 Å². The predicted molar refractivity (Wildman–Crippen MR) is 106 cm³/mol. The Morgan fingerprint density at radius 2 is 1.58 bits per heavy atom. The molecule has 0 radical (unpaired) electrons. The average Bonchev–Trinajstić information content (AvgIpc) is 2.73. The highest BCUT2D eigenvalue weighted by molar-refractivity contribution is 6.10. The van der Waals surface area contributed by atoms with Crippen LogP contribution in [0.5, 0.6) is 23.0 Å². The van der Waals surface area contributed by atoms with E-state index in [1.807, 2.05) is 0 Å². The van der Waals surface area contributed by atoms with E-state index in [9.17, 15) is 40.5 Å². The average molecular weight is 434 g/mol. The van der Waals surface area contributed by atoms with E-state index in [-0.39, 0.29) is 17.1 Å². The molecule has 0 spiro atoms. The Morgan fingerprint density at radius 1 is 0.968 bits per heavy atom. The largest absolute Gasteiger partial charge is 0.508 e. The third-order valence-corrected chi connectivity index (χ3v) is 4.74. The van der Waals surface area contributed by atoms with Crippen LogP contribution in [0.2, 0.25) is 0 Å². The molecule has 1 heterocycles. The van der Waals surface area contributed by atoms with Crippen LogP contribution in [0, 0.1) is 0 Å². The molecule has 7 N–H and O–H groups in total. The summed E-state index contributed by atoms with van der Waals surface area (Å²) in [6.45, 7) is -0.575. The second-order valence-electron chi connectivity index (χ2n) is 6.94. The van der Waals surface area contributed by atoms with Crippen molar-refractivity contribution in [1.29, 1.82) is 0 Å². The molecule has 0 bridgehead atoms. The van der Waals surface area contributed by atoms with Gasteiger partial charge in [0.25, 0.3) is 0 Å². The topological polar surface area (TPSA) is 177 Å². The number of phenols is 3. The van der Waals surface area contributed by atoms with Crippen molar-refractivity contribution in [3.63, 3.8) is 0 Å². The number of aliphatic hydroxyl groups excluding tert-OH is 4. The van der Waals surface area contributed by atoms with E-state index >= 15 is 0 Å². The minimum absolute atomic E-state index is 0.252. The van der Waals surface area contributed by atoms with Crippen LogP contribution in [-0.4, -0.2) is 78.8 Å². The third kappa shape index (κ3) is 4.95. The number of ketones is 1. The van der Waals surface area contributed by atoms with Crippen LogP contribution >= 0.6 is 0 Å². The fourth-order valence-electron chi connectivity index (χ4n) is 3.06. The summed E-state index contributed by atoms with van der Waals surface area (Å²) < 4.78 is 10.7. The Morgan fingerprint density at radius 3 is 2.16 bits per heavy atom. The Bertz CT molecular complexity index is 930. The summed E-state index contributed by atoms with van der Waals surface area (Å²) in [5.41, 5.74) is 0.212. The maximum absolute atomic E-state index is 12.2. The van der Waals surface area contributed by atoms with Crippen molar-refractivity contribution < 1.29 is 50.0 Å². The van der Waals surface area contributed by atoms with Gasteiger partial charge in [-0.2, -0.15) is 0 Å². The highest BCUT2D eigenvalue weighted by atomic mass is 16.7. The zero-order chi connectivity index (χ0) is 22.7. The number of aromatic hydroxyl groups is 3. The minimum atomic E-state index is -1.56. The second-order valence-corrected chi connectivity index (χ2v) is 6.94. The molecule has 1 saturated heterocycles. The van der Waals surface area contributed by atoms with Gasteiger partial charge in [0.05, 0.1) is 6.61 Å². The lowest BCUT2D eigenvalue weighted by Gasteiger charge is -2.39. The lowest BCUT2D eigenvalue weighted by Crippen LogP contribution is -2.60. The lowest BCUT2D eigenvalue weighted by molar-refractivity contribution is -0.277. The molecule has 10 heteroatoms. The maximum Gasteiger partial charge on any atom is 0.229 e. The Hall–Kier alpha value is -3.15. The molecule has 2 aromatic rings. The van der Waals surface area contributed by atoms with Crippen molar-refractivity contribution in [3.8, 4) is 23.0 Å². The van der Waals surface area contributed by atoms with Gasteiger partial charge in [0.2, 0.25) is 6.29 Å². The first kappa shape index (κ1) is 22.5. The lowest BCUT2D eigenvalue weighted by atomic mass is 9.99. The summed E-state index contributed by atoms with van der Waals surface area (Å²) in [6, 6.07) is 8.01. The van der Waals surface area contributed by atoms with Crippen LogP contribution in [0.25, 0.3) is 6.08 Å². The van der Waals surface area contributed by atoms with Crippen molar-refractivity contribution in [2.24, 2.45) is 0 Å². The number of carbonyl (C=O) groups is 1. The van der Waals surface area contributed by atoms with Gasteiger partial charge in [-0.15, -0.1) is 0 Å². The summed E-state index contributed by atoms with van der Waals surface area (Å²) in [4.78, 5) is 12.2. The third-order valence-electron chi connectivity index (χ3n) is 4.74. The van der Waals surface area contributed by atoms with E-state index in [1.54, 1.807) is 12.1 Å². The van der Waals surface area contributed by atoms with Gasteiger partial charge in [0, 0.05) is 12.1 Å². The Kier molecular flexibility index (Phi) is 6.78. The highest BCUT2D eigenvalue weighted by Gasteiger charge is 2.44. The van der Waals surface area contributed by atoms with E-state index in [1.165, 1.54) is 18.2 Å². The van der Waals surface area contributed by atoms with Gasteiger partial charge in [-0.25, -0.2) is 0 Å². The van der Waals surface area contributed by atoms with Gasteiger partial charge in [0.15, 0.2) is 5.78 Å². The zero-order valence-electron chi connectivity index (χ0n) is 16.1. The zero-order valence-corrected chi connectivity index (χ0v) is 16.1. The first-order chi connectivity index (χ1) is 14.7. The molecule has 3 rings (SSSR count). The highest BCUT2D eigenvalue weighted by Crippen LogP contribution is 2.32. The molecule has 1 aliphatic rings. The van der Waals surface area contributed by atoms with E-state index in [2.05, 4.69) is 0 Å². The number of hydrogen-bond acceptors (Lipinski definition) is 10. The van der Waals surface area contributed by atoms with Gasteiger partial charge in [-0.05, 0) is 23.8 Å². The summed E-state index contributed by atoms with van der Waals surface area (Å²) >= 11 is 0. The number of rotatable bonds is 6. The molecule has 0 amide bonds. The van der Waals surface area contributed by atoms with Crippen molar-refractivity contribution >= 4 is 11.9 Å². The normalized spacial score (nSPS) is 26.1. The van der Waals surface area contributed by atoms with Crippen LogP contribution in [0.4, 0.5) is 0 Å². The molecule has 0 saturated carbocycles. The Labute approximate surface area is 176 Å². The number of phenolic OH excluding ortho intramolecular Hbond substituents is 3. The van der Waals surface area contributed by atoms with Gasteiger partial charge in [-0.3, -0.25) is 4.79 Å². The standard InChI is InChI=1S/C21H22O10/c22-9-16-18(27)19(28)20(29)21(31-16)30-12-4-1-10(2-5-12)3-6-13(24)17-14(25)7-11(23)8-15(17)26/h1-8,16,18-23,25-29H,9H2. The molecule has 5 atom stereocenters. The van der Waals surface area contributed by atoms with Crippen molar-refractivity contribution in [3.05, 3.63) is 53.6 Å². The Balaban J connectivity index is 1.67. The van der Waals surface area contributed by atoms with Crippen LogP contribution < -0.4 is 4.74 Å². The summed E-state index contributed by atoms with van der Waals surface area (Å²) in [5, 5.41) is 67.6. The first-order valence-electron chi connectivity index (χ1n) is 9.26. The van der Waals surface area contributed by atoms with Crippen molar-refractivity contribution in [1.82, 2.24) is 0 Å². The molecular weight excluding hydrogens is 412 g/mol. The number of allylic oxidation sites excluding steroid dienone is 1. The molecule has 2 aromatic carbocycles. The first-order valence-corrected chi connectivity index (χ1v) is 9.26. The van der Waals surface area contributed by atoms with Crippen LogP contribution in [0.1, 0.15) is 15.9 Å². The maximum atomic E-state index is 12.2. The fraction of sp³-hybridized carbons (Fsp3) is 0.286. The molecule has 1 fully saturated rings. The number of hydrogen-bond donors (Lipinski definition) is 7. The number of aliphatic hydroxyl groups is 4. The fourth-order valence-corrected chi connectivity index (χ4v) is 3.06. The molecule has 10 nitrogen and oxygen atoms in total. The van der Waals surface area contributed by atoms with Gasteiger partial charge in [-0.1, -0.05) is 18.2 Å². The van der Waals surface area contributed by atoms with Crippen molar-refractivity contribution in [2.75, 3.05) is 6.61 Å². The van der Waals surface area contributed by atoms with E-state index < -0.39 is 54.6 Å². The molecule has 5 unspecified atom stereocenters. The molecular formula is C21H22O10. The van der Waals surface area contributed by atoms with Gasteiger partial charge >= 0.3 is 0 Å². The monoisotopic (exact) mass is 434 g/mol. The number of ether oxygens (including phenoxy) is 2. The van der Waals surface area contributed by atoms with Crippen LogP contribution in [0.15, 0.2) is 42.5 Å². The number of carbonyl (C=O) groups excluding carboxylic acids is 1. The van der Waals surface area contributed by atoms with Crippen LogP contribution in [-0.2, 0) is 4.74 Å². The quantitative estimate of drug-likeness (QED) is 0.239.